The lowest BCUT2D eigenvalue weighted by molar-refractivity contribution is -0.384. The summed E-state index contributed by atoms with van der Waals surface area (Å²) in [7, 11) is -3.58. The van der Waals surface area contributed by atoms with Crippen LogP contribution in [-0.4, -0.2) is 45.5 Å². The Morgan fingerprint density at radius 1 is 1.23 bits per heavy atom. The molecule has 0 saturated carbocycles. The molecule has 1 amide bonds. The molecule has 0 bridgehead atoms. The molecular formula is C15H13N7O6S2. The van der Waals surface area contributed by atoms with E-state index < -0.39 is 32.0 Å². The van der Waals surface area contributed by atoms with Crippen LogP contribution in [0.15, 0.2) is 35.1 Å². The summed E-state index contributed by atoms with van der Waals surface area (Å²) in [5, 5.41) is 24.6. The largest absolute Gasteiger partial charge is 0.295 e. The molecule has 3 rings (SSSR count). The van der Waals surface area contributed by atoms with E-state index in [1.165, 1.54) is 25.1 Å². The van der Waals surface area contributed by atoms with Crippen LogP contribution >= 0.6 is 11.3 Å². The van der Waals surface area contributed by atoms with Crippen LogP contribution in [0.3, 0.4) is 0 Å². The average molecular weight is 451 g/mol. The van der Waals surface area contributed by atoms with Crippen LogP contribution in [0.5, 0.6) is 0 Å². The van der Waals surface area contributed by atoms with Gasteiger partial charge in [-0.3, -0.25) is 29.7 Å². The maximum absolute atomic E-state index is 12.5. The molecule has 15 heteroatoms. The molecule has 0 atom stereocenters. The van der Waals surface area contributed by atoms with Gasteiger partial charge in [0.25, 0.3) is 11.6 Å². The Balaban J connectivity index is 1.96. The summed E-state index contributed by atoms with van der Waals surface area (Å²) in [4.78, 5) is 35.5. The number of para-hydroxylation sites is 2. The second-order valence-electron chi connectivity index (χ2n) is 5.90. The van der Waals surface area contributed by atoms with Gasteiger partial charge >= 0.3 is 0 Å². The molecule has 0 aliphatic carbocycles. The third-order valence-corrected chi connectivity index (χ3v) is 4.99. The van der Waals surface area contributed by atoms with Crippen LogP contribution in [-0.2, 0) is 10.0 Å². The zero-order valence-corrected chi connectivity index (χ0v) is 17.0. The first kappa shape index (κ1) is 21.0. The number of carbonyl (C=O) groups excluding carboxylic acids is 1. The lowest BCUT2D eigenvalue weighted by Crippen LogP contribution is -2.27. The van der Waals surface area contributed by atoms with Crippen molar-refractivity contribution in [2.75, 3.05) is 16.3 Å². The first-order valence-electron chi connectivity index (χ1n) is 8.02. The fourth-order valence-electron chi connectivity index (χ4n) is 2.38. The number of aromatic nitrogens is 4. The fourth-order valence-corrected chi connectivity index (χ4v) is 3.85. The van der Waals surface area contributed by atoms with Gasteiger partial charge in [0.15, 0.2) is 5.69 Å². The number of nitrogens with zero attached hydrogens (tertiary/aromatic N) is 5. The number of hydrogen-bond acceptors (Lipinski definition) is 10. The number of carbonyl (C=O) groups is 1. The van der Waals surface area contributed by atoms with Crippen LogP contribution in [0.1, 0.15) is 16.2 Å². The molecule has 0 unspecified atom stereocenters. The topological polar surface area (TPSA) is 179 Å². The van der Waals surface area contributed by atoms with Crippen LogP contribution in [0.2, 0.25) is 0 Å². The number of nitrogens with one attached hydrogen (secondary N) is 2. The average Bonchev–Trinajstić information content (AvgIpc) is 3.06. The van der Waals surface area contributed by atoms with Crippen molar-refractivity contribution in [2.45, 2.75) is 6.92 Å². The van der Waals surface area contributed by atoms with E-state index in [4.69, 9.17) is 0 Å². The number of amides is 1. The Kier molecular flexibility index (Phi) is 5.57. The molecule has 1 aromatic carbocycles. The smallest absolute Gasteiger partial charge is 0.294 e. The number of benzene rings is 1. The van der Waals surface area contributed by atoms with Gasteiger partial charge in [0.05, 0.1) is 11.2 Å². The summed E-state index contributed by atoms with van der Waals surface area (Å²) in [6.07, 6.45) is 0.925. The molecule has 2 heterocycles. The number of hydrogen-bond donors (Lipinski definition) is 2. The third-order valence-electron chi connectivity index (χ3n) is 3.55. The Morgan fingerprint density at radius 2 is 1.90 bits per heavy atom. The van der Waals surface area contributed by atoms with Crippen molar-refractivity contribution < 1.29 is 18.1 Å². The molecule has 3 aromatic rings. The number of nitro benzene ring substituents is 1. The van der Waals surface area contributed by atoms with Gasteiger partial charge in [0.2, 0.25) is 25.7 Å². The maximum atomic E-state index is 12.5. The molecule has 0 aliphatic rings. The SMILES string of the molecule is Cc1cc(=O)c(C(=O)Nc2nnc(NS(C)(=O)=O)s2)nn1-c1ccccc1[N+](=O)[O-]. The lowest BCUT2D eigenvalue weighted by Gasteiger charge is -2.11. The highest BCUT2D eigenvalue weighted by Crippen LogP contribution is 2.23. The molecule has 0 saturated heterocycles. The van der Waals surface area contributed by atoms with E-state index in [0.29, 0.717) is 0 Å². The Morgan fingerprint density at radius 3 is 2.57 bits per heavy atom. The number of nitro groups is 1. The Labute approximate surface area is 172 Å². The van der Waals surface area contributed by atoms with Gasteiger partial charge in [0.1, 0.15) is 5.69 Å². The predicted molar refractivity (Wildman–Crippen MR) is 108 cm³/mol. The van der Waals surface area contributed by atoms with Crippen LogP contribution in [0, 0.1) is 17.0 Å². The highest BCUT2D eigenvalue weighted by atomic mass is 32.2. The molecular weight excluding hydrogens is 438 g/mol. The minimum atomic E-state index is -3.58. The summed E-state index contributed by atoms with van der Waals surface area (Å²) < 4.78 is 25.6. The molecule has 156 valence electrons. The van der Waals surface area contributed by atoms with Crippen molar-refractivity contribution in [1.29, 1.82) is 0 Å². The highest BCUT2D eigenvalue weighted by Gasteiger charge is 2.21. The van der Waals surface area contributed by atoms with E-state index >= 15 is 0 Å². The second kappa shape index (κ2) is 7.96. The van der Waals surface area contributed by atoms with Gasteiger partial charge in [-0.1, -0.05) is 23.5 Å². The van der Waals surface area contributed by atoms with Crippen molar-refractivity contribution in [1.82, 2.24) is 20.0 Å². The lowest BCUT2D eigenvalue weighted by atomic mass is 10.2. The molecule has 2 N–H and O–H groups in total. The van der Waals surface area contributed by atoms with Crippen molar-refractivity contribution in [3.05, 3.63) is 62.1 Å². The third kappa shape index (κ3) is 4.64. The van der Waals surface area contributed by atoms with Crippen molar-refractivity contribution >= 4 is 43.2 Å². The van der Waals surface area contributed by atoms with Gasteiger partial charge in [0, 0.05) is 17.8 Å². The van der Waals surface area contributed by atoms with E-state index in [2.05, 4.69) is 25.3 Å². The van der Waals surface area contributed by atoms with Gasteiger partial charge < -0.3 is 0 Å². The number of aryl methyl sites for hydroxylation is 1. The van der Waals surface area contributed by atoms with Gasteiger partial charge in [-0.25, -0.2) is 13.1 Å². The molecule has 30 heavy (non-hydrogen) atoms. The summed E-state index contributed by atoms with van der Waals surface area (Å²) in [6, 6.07) is 6.85. The summed E-state index contributed by atoms with van der Waals surface area (Å²) in [6.45, 7) is 1.51. The van der Waals surface area contributed by atoms with Crippen molar-refractivity contribution in [3.8, 4) is 5.69 Å². The Bertz CT molecular complexity index is 1320. The molecule has 13 nitrogen and oxygen atoms in total. The van der Waals surface area contributed by atoms with Crippen LogP contribution in [0.4, 0.5) is 16.0 Å². The second-order valence-corrected chi connectivity index (χ2v) is 8.62. The van der Waals surface area contributed by atoms with Crippen LogP contribution < -0.4 is 15.5 Å². The van der Waals surface area contributed by atoms with Crippen molar-refractivity contribution in [2.24, 2.45) is 0 Å². The van der Waals surface area contributed by atoms with E-state index in [0.717, 1.165) is 28.3 Å². The zero-order chi connectivity index (χ0) is 22.1. The number of anilines is 2. The minimum absolute atomic E-state index is 0.0737. The molecule has 0 aliphatic heterocycles. The normalized spacial score (nSPS) is 11.1. The van der Waals surface area contributed by atoms with E-state index in [9.17, 15) is 28.1 Å². The number of sulfonamides is 1. The number of rotatable bonds is 6. The first-order chi connectivity index (χ1) is 14.0. The minimum Gasteiger partial charge on any atom is -0.295 e. The zero-order valence-electron chi connectivity index (χ0n) is 15.4. The predicted octanol–water partition coefficient (Wildman–Crippen LogP) is 0.924. The molecule has 2 aromatic heterocycles. The first-order valence-corrected chi connectivity index (χ1v) is 10.7. The van der Waals surface area contributed by atoms with Gasteiger partial charge in [-0.05, 0) is 13.0 Å². The van der Waals surface area contributed by atoms with E-state index in [1.807, 2.05) is 0 Å². The molecule has 0 radical (unpaired) electrons. The molecule has 0 fully saturated rings. The highest BCUT2D eigenvalue weighted by molar-refractivity contribution is 7.92. The van der Waals surface area contributed by atoms with Crippen LogP contribution in [0.25, 0.3) is 5.69 Å². The van der Waals surface area contributed by atoms with Gasteiger partial charge in [-0.15, -0.1) is 10.2 Å². The fraction of sp³-hybridized carbons (Fsp3) is 0.133. The quantitative estimate of drug-likeness (QED) is 0.407. The Hall–Kier alpha value is -3.72. The maximum Gasteiger partial charge on any atom is 0.294 e. The monoisotopic (exact) mass is 451 g/mol. The van der Waals surface area contributed by atoms with Gasteiger partial charge in [-0.2, -0.15) is 5.10 Å². The van der Waals surface area contributed by atoms with E-state index in [1.54, 1.807) is 6.07 Å². The summed E-state index contributed by atoms with van der Waals surface area (Å²) in [5.74, 6) is -0.936. The summed E-state index contributed by atoms with van der Waals surface area (Å²) >= 11 is 0.728. The van der Waals surface area contributed by atoms with Crippen molar-refractivity contribution in [3.63, 3.8) is 0 Å². The molecule has 0 spiro atoms. The van der Waals surface area contributed by atoms with E-state index in [-0.39, 0.29) is 27.3 Å². The standard InChI is InChI=1S/C15H13N7O6S2/c1-8-7-11(23)12(19-21(8)9-5-3-4-6-10(9)22(25)26)13(24)16-14-17-18-15(29-14)20-30(2,27)28/h3-7H,1-2H3,(H,18,20)(H,16,17,24). The summed E-state index contributed by atoms with van der Waals surface area (Å²) in [5.41, 5.74) is -1.15.